The highest BCUT2D eigenvalue weighted by atomic mass is 32.2. The number of aromatic nitrogens is 8. The number of likely N-dealkylation sites (tertiary alicyclic amines) is 4. The van der Waals surface area contributed by atoms with Gasteiger partial charge in [-0.25, -0.2) is 74.3 Å². The van der Waals surface area contributed by atoms with Gasteiger partial charge in [0.25, 0.3) is 59.1 Å². The Morgan fingerprint density at radius 2 is 0.909 bits per heavy atom. The van der Waals surface area contributed by atoms with Crippen LogP contribution in [-0.2, 0) is 19.7 Å². The van der Waals surface area contributed by atoms with E-state index in [9.17, 15) is 83.0 Å². The van der Waals surface area contributed by atoms with Crippen LogP contribution >= 0.6 is 45.3 Å². The Morgan fingerprint density at radius 1 is 0.510 bits per heavy atom. The second-order valence-corrected chi connectivity index (χ2v) is 51.5. The number of pyridine rings is 4. The Hall–Kier alpha value is -10.4. The molecule has 44 heteroatoms. The van der Waals surface area contributed by atoms with E-state index in [0.29, 0.717) is 86.0 Å². The Morgan fingerprint density at radius 3 is 1.28 bits per heavy atom. The van der Waals surface area contributed by atoms with Crippen molar-refractivity contribution in [2.75, 3.05) is 91.4 Å². The fraction of sp³-hybridized carbons (Fsp3) is 0.596. The van der Waals surface area contributed by atoms with Gasteiger partial charge in [-0.05, 0) is 217 Å². The van der Waals surface area contributed by atoms with E-state index in [0.717, 1.165) is 129 Å². The van der Waals surface area contributed by atoms with Gasteiger partial charge in [0.05, 0.1) is 79.7 Å². The predicted octanol–water partition coefficient (Wildman–Crippen LogP) is 14.7. The van der Waals surface area contributed by atoms with Gasteiger partial charge < -0.3 is 71.9 Å². The van der Waals surface area contributed by atoms with E-state index >= 15 is 0 Å². The van der Waals surface area contributed by atoms with Crippen molar-refractivity contribution in [1.29, 1.82) is 0 Å². The van der Waals surface area contributed by atoms with E-state index in [2.05, 4.69) is 126 Å². The molecule has 2 saturated carbocycles. The number of nitrogens with zero attached hydrogens (tertiary/aromatic N) is 13. The zero-order valence-corrected chi connectivity index (χ0v) is 89.3. The van der Waals surface area contributed by atoms with Gasteiger partial charge in [-0.3, -0.25) is 38.4 Å². The molecule has 9 aliphatic rings. The van der Waals surface area contributed by atoms with Crippen molar-refractivity contribution < 1.29 is 83.0 Å². The fourth-order valence-electron chi connectivity index (χ4n) is 18.7. The summed E-state index contributed by atoms with van der Waals surface area (Å²) in [4.78, 5) is 152. The van der Waals surface area contributed by atoms with Gasteiger partial charge >= 0.3 is 0 Å². The molecule has 143 heavy (non-hydrogen) atoms. The van der Waals surface area contributed by atoms with Crippen LogP contribution in [0.2, 0.25) is 0 Å². The Kier molecular flexibility index (Phi) is 32.6. The first kappa shape index (κ1) is 108. The van der Waals surface area contributed by atoms with Crippen molar-refractivity contribution >= 4 is 136 Å². The van der Waals surface area contributed by atoms with E-state index in [1.807, 2.05) is 88.7 Å². The Bertz CT molecular complexity index is 6350. The normalized spacial score (nSPS) is 21.4. The average molecular weight is 2090 g/mol. The number of hydrogen-bond acceptors (Lipinski definition) is 30. The van der Waals surface area contributed by atoms with E-state index in [-0.39, 0.29) is 133 Å². The number of hydrogen-bond donors (Lipinski definition) is 9. The molecule has 17 rings (SSSR count). The number of amides is 8. The molecule has 0 radical (unpaired) electrons. The number of sulfone groups is 2. The van der Waals surface area contributed by atoms with Gasteiger partial charge in [0.1, 0.15) is 46.0 Å². The highest BCUT2D eigenvalue weighted by molar-refractivity contribution is 7.93. The van der Waals surface area contributed by atoms with E-state index < -0.39 is 116 Å². The number of anilines is 4. The monoisotopic (exact) mass is 2090 g/mol. The van der Waals surface area contributed by atoms with Crippen molar-refractivity contribution in [1.82, 2.24) is 80.3 Å². The van der Waals surface area contributed by atoms with Gasteiger partial charge in [-0.1, -0.05) is 41.5 Å². The number of rotatable bonds is 26. The SMILES string of the molecule is Cc1cc(NC(C)C)ncc1-c1sc(C(=O)N2CC(S(C)(=O)=O)C2)nc1C(=O)N1CCC[C@@H]1C.Cc1cc(NCC(C)(C)C)ncc1-c1sc(C(=O)NC(C)(C)CO)nc1C(=O)N1CC(F)(F)C[C@@H]1C.Cc1cc(NCC(C)(C)C)ncc1-c1sc(C(=O)NC2CS(=O)(=O)C2)nc1C(=O)N1CC(F)(F)C[C@@H]1C.Cc1cc(N[C@H](C)C2CC2)ncc1-c1sc(C(=O)N[C@H]2CCC[C@@H]2O)nc1C(=O)N1C2CCC1CC2. The number of halogens is 4. The molecular formula is C99H132F4N20O14S6. The Labute approximate surface area is 848 Å². The zero-order valence-electron chi connectivity index (χ0n) is 84.4. The molecule has 7 saturated heterocycles. The van der Waals surface area contributed by atoms with Crippen LogP contribution in [0.5, 0.6) is 0 Å². The number of carbonyl (C=O) groups excluding carboxylic acids is 8. The summed E-state index contributed by atoms with van der Waals surface area (Å²) in [5, 5.41) is 41.2. The first-order valence-corrected chi connectivity index (χ1v) is 55.8. The minimum Gasteiger partial charge on any atom is -0.394 e. The molecule has 7 aliphatic heterocycles. The molecule has 0 aromatic carbocycles. The summed E-state index contributed by atoms with van der Waals surface area (Å²) >= 11 is 4.37. The number of nitrogens with one attached hydrogen (secondary N) is 7. The minimum atomic E-state index is -3.20. The van der Waals surface area contributed by atoms with Crippen molar-refractivity contribution in [2.24, 2.45) is 16.7 Å². The van der Waals surface area contributed by atoms with Gasteiger partial charge in [-0.15, -0.1) is 45.3 Å². The number of carbonyl (C=O) groups is 8. The summed E-state index contributed by atoms with van der Waals surface area (Å²) in [6.07, 6.45) is 17.4. The van der Waals surface area contributed by atoms with E-state index in [4.69, 9.17) is 0 Å². The van der Waals surface area contributed by atoms with Crippen LogP contribution in [-0.4, -0.2) is 292 Å². The van der Waals surface area contributed by atoms with Gasteiger partial charge in [0.2, 0.25) is 0 Å². The predicted molar refractivity (Wildman–Crippen MR) is 547 cm³/mol. The maximum absolute atomic E-state index is 14.1. The van der Waals surface area contributed by atoms with Crippen LogP contribution in [0.15, 0.2) is 49.1 Å². The number of fused-ring (bicyclic) bond motifs is 2. The lowest BCUT2D eigenvalue weighted by Crippen LogP contribution is -2.56. The number of aliphatic hydroxyl groups excluding tert-OH is 2. The summed E-state index contributed by atoms with van der Waals surface area (Å²) in [6, 6.07) is 6.73. The number of alkyl halides is 4. The van der Waals surface area contributed by atoms with Crippen LogP contribution in [0.4, 0.5) is 40.8 Å². The smallest absolute Gasteiger partial charge is 0.282 e. The molecule has 8 aromatic rings. The highest BCUT2D eigenvalue weighted by Crippen LogP contribution is 2.46. The molecule has 2 bridgehead atoms. The zero-order chi connectivity index (χ0) is 104. The molecule has 9 N–H and O–H groups in total. The van der Waals surface area contributed by atoms with Crippen LogP contribution in [0, 0.1) is 44.4 Å². The first-order valence-electron chi connectivity index (χ1n) is 48.7. The van der Waals surface area contributed by atoms with Crippen LogP contribution < -0.4 is 37.2 Å². The molecule has 8 aromatic heterocycles. The largest absolute Gasteiger partial charge is 0.394 e. The fourth-order valence-corrected chi connectivity index (χ4v) is 25.1. The quantitative estimate of drug-likeness (QED) is 0.0227. The number of thiazole rings is 4. The highest BCUT2D eigenvalue weighted by Gasteiger charge is 2.50. The third-order valence-electron chi connectivity index (χ3n) is 27.0. The minimum absolute atomic E-state index is 0.00261. The summed E-state index contributed by atoms with van der Waals surface area (Å²) in [5.74, 6) is -6.13. The number of aryl methyl sites for hydroxylation is 4. The standard InChI is InChI=1S/C27H35N5O3S.C25H35F2N5O3S.C24H31F2N5O4S2.C23H31N5O4S2/c1-14-12-22(29-15(2)16-6-7-16)28-13-19(14)24-23(27(35)32-17-8-9-18(32)11-10-17)31-26(36-24)25(34)30-20-4-3-5-21(20)33;1-14-8-17(29-11-23(3,4)5)28-10-16(14)19-18(22(35)32-12-25(26,27)9-15(32)2)30-21(36-19)20(34)31-24(6,7)13-33;1-13-6-17(28-11-23(3,4)5)27-8-16(13)19-18(22(33)31-12-24(25,26)7-14(31)2)30-21(36-19)20(32)29-15-9-37(34,35)10-15;1-13(2)25-18-9-14(3)17(10-24-18)20-19(22(29)28-8-6-7-15(28)4)26-21(33-20)23(30)27-11-16(12-27)34(5,31)32/h12-13,15-18,20-21,33H,3-11H2,1-2H3,(H,28,29)(H,30,34);8,10,15,33H,9,11-13H2,1-7H3,(H,28,29)(H,31,34);6,8,14-15H,7,9-12H2,1-5H3,(H,27,28)(H,29,32);9-10,13,15-16H,6-8,11-12H2,1-5H3,(H,24,25)/t15-,17?,18?,20+,21+;15-;14-;15-/m1000/s1. The molecule has 0 spiro atoms. The third kappa shape index (κ3) is 26.2. The third-order valence-corrected chi connectivity index (χ3v) is 34.6. The molecule has 6 atom stereocenters. The molecule has 34 nitrogen and oxygen atoms in total. The molecule has 0 unspecified atom stereocenters. The van der Waals surface area contributed by atoms with Gasteiger partial charge in [0.15, 0.2) is 39.7 Å². The summed E-state index contributed by atoms with van der Waals surface area (Å²) in [5.41, 5.74) is 5.86. The van der Waals surface area contributed by atoms with Gasteiger partial charge in [0, 0.05) is 141 Å². The number of aliphatic hydroxyl groups is 2. The van der Waals surface area contributed by atoms with Crippen molar-refractivity contribution in [2.45, 2.75) is 291 Å². The van der Waals surface area contributed by atoms with Crippen LogP contribution in [0.3, 0.4) is 0 Å². The van der Waals surface area contributed by atoms with Crippen molar-refractivity contribution in [3.8, 4) is 41.8 Å². The molecule has 776 valence electrons. The molecule has 8 amide bonds. The molecule has 15 heterocycles. The van der Waals surface area contributed by atoms with Crippen LogP contribution in [0.25, 0.3) is 41.8 Å². The second kappa shape index (κ2) is 43.0. The lowest BCUT2D eigenvalue weighted by atomic mass is 9.97. The van der Waals surface area contributed by atoms with Crippen molar-refractivity contribution in [3.63, 3.8) is 0 Å². The van der Waals surface area contributed by atoms with E-state index in [1.54, 1.807) is 46.3 Å². The second-order valence-electron chi connectivity index (χ2n) is 43.1. The maximum atomic E-state index is 14.1. The summed E-state index contributed by atoms with van der Waals surface area (Å²) < 4.78 is 103. The molecule has 9 fully saturated rings. The van der Waals surface area contributed by atoms with E-state index in [1.165, 1.54) is 46.7 Å². The topological polar surface area (TPSA) is 449 Å². The average Bonchev–Trinajstić information content (AvgIpc) is 1.61. The Balaban J connectivity index is 0.000000151. The molecular weight excluding hydrogens is 1960 g/mol. The maximum Gasteiger partial charge on any atom is 0.282 e. The lowest BCUT2D eigenvalue weighted by Gasteiger charge is -2.37. The summed E-state index contributed by atoms with van der Waals surface area (Å²) in [6.45, 7) is 35.6. The van der Waals surface area contributed by atoms with Crippen LogP contribution in [0.1, 0.15) is 284 Å². The van der Waals surface area contributed by atoms with Crippen molar-refractivity contribution in [3.05, 3.63) is 114 Å². The van der Waals surface area contributed by atoms with Gasteiger partial charge in [-0.2, -0.15) is 0 Å². The summed E-state index contributed by atoms with van der Waals surface area (Å²) in [7, 11) is -6.34. The first-order chi connectivity index (χ1) is 66.9. The lowest BCUT2D eigenvalue weighted by molar-refractivity contribution is 0.0115. The molecule has 2 aliphatic carbocycles.